The lowest BCUT2D eigenvalue weighted by atomic mass is 10.2. The van der Waals surface area contributed by atoms with Crippen LogP contribution in [0.25, 0.3) is 11.2 Å². The van der Waals surface area contributed by atoms with Gasteiger partial charge >= 0.3 is 0 Å². The predicted molar refractivity (Wildman–Crippen MR) is 95.9 cm³/mol. The Kier molecular flexibility index (Phi) is 4.88. The van der Waals surface area contributed by atoms with Gasteiger partial charge in [0.2, 0.25) is 5.88 Å². The number of halogens is 1. The Balaban J connectivity index is 1.84. The Morgan fingerprint density at radius 3 is 3.00 bits per heavy atom. The summed E-state index contributed by atoms with van der Waals surface area (Å²) in [7, 11) is 0. The molecule has 23 heavy (non-hydrogen) atoms. The van der Waals surface area contributed by atoms with E-state index in [-0.39, 0.29) is 0 Å². The summed E-state index contributed by atoms with van der Waals surface area (Å²) >= 11 is 7.64. The molecular formula is C17H16ClN3OS. The highest BCUT2D eigenvalue weighted by Crippen LogP contribution is 2.20. The SMILES string of the molecule is CS/C=C(\C)c1cnc2ccc(OCc3cccc(Cl)c3)nn12. The van der Waals surface area contributed by atoms with Gasteiger partial charge in [-0.3, -0.25) is 0 Å². The summed E-state index contributed by atoms with van der Waals surface area (Å²) < 4.78 is 7.58. The third-order valence-corrected chi connectivity index (χ3v) is 4.14. The molecule has 0 N–H and O–H groups in total. The first-order valence-electron chi connectivity index (χ1n) is 7.09. The molecule has 0 fully saturated rings. The Morgan fingerprint density at radius 1 is 1.35 bits per heavy atom. The van der Waals surface area contributed by atoms with Crippen LogP contribution in [-0.2, 0) is 6.61 Å². The molecule has 0 aliphatic heterocycles. The number of nitrogens with zero attached hydrogens (tertiary/aromatic N) is 3. The highest BCUT2D eigenvalue weighted by molar-refractivity contribution is 8.01. The van der Waals surface area contributed by atoms with Gasteiger partial charge in [0.25, 0.3) is 0 Å². The third-order valence-electron chi connectivity index (χ3n) is 3.31. The highest BCUT2D eigenvalue weighted by Gasteiger charge is 2.08. The van der Waals surface area contributed by atoms with E-state index in [0.717, 1.165) is 22.5 Å². The van der Waals surface area contributed by atoms with Crippen LogP contribution < -0.4 is 4.74 Å². The van der Waals surface area contributed by atoms with E-state index < -0.39 is 0 Å². The van der Waals surface area contributed by atoms with Crippen molar-refractivity contribution in [2.75, 3.05) is 6.26 Å². The Labute approximate surface area is 144 Å². The molecule has 0 saturated carbocycles. The van der Waals surface area contributed by atoms with Crippen LogP contribution in [0, 0.1) is 0 Å². The van der Waals surface area contributed by atoms with Gasteiger partial charge in [0.1, 0.15) is 6.61 Å². The van der Waals surface area contributed by atoms with Gasteiger partial charge in [0.15, 0.2) is 5.65 Å². The van der Waals surface area contributed by atoms with E-state index in [4.69, 9.17) is 16.3 Å². The van der Waals surface area contributed by atoms with E-state index in [1.165, 1.54) is 0 Å². The van der Waals surface area contributed by atoms with Crippen molar-refractivity contribution in [3.05, 3.63) is 64.3 Å². The summed E-state index contributed by atoms with van der Waals surface area (Å²) in [6.07, 6.45) is 3.85. The van der Waals surface area contributed by atoms with Crippen LogP contribution >= 0.6 is 23.4 Å². The molecule has 0 atom stereocenters. The maximum Gasteiger partial charge on any atom is 0.232 e. The fraction of sp³-hybridized carbons (Fsp3) is 0.176. The Hall–Kier alpha value is -1.98. The largest absolute Gasteiger partial charge is 0.472 e. The fourth-order valence-electron chi connectivity index (χ4n) is 2.22. The third kappa shape index (κ3) is 3.68. The zero-order chi connectivity index (χ0) is 16.2. The van der Waals surface area contributed by atoms with Crippen LogP contribution in [0.1, 0.15) is 18.2 Å². The Morgan fingerprint density at radius 2 is 2.22 bits per heavy atom. The van der Waals surface area contributed by atoms with Gasteiger partial charge in [-0.15, -0.1) is 16.9 Å². The number of rotatable bonds is 5. The summed E-state index contributed by atoms with van der Waals surface area (Å²) in [5.74, 6) is 0.550. The van der Waals surface area contributed by atoms with E-state index in [2.05, 4.69) is 15.5 Å². The van der Waals surface area contributed by atoms with E-state index in [0.29, 0.717) is 17.5 Å². The van der Waals surface area contributed by atoms with Crippen molar-refractivity contribution in [2.45, 2.75) is 13.5 Å². The second-order valence-electron chi connectivity index (χ2n) is 5.04. The standard InChI is InChI=1S/C17H16ClN3OS/c1-12(11-23-2)15-9-19-16-6-7-17(20-21(15)16)22-10-13-4-3-5-14(18)8-13/h3-9,11H,10H2,1-2H3/b12-11+. The number of ether oxygens (including phenoxy) is 1. The average Bonchev–Trinajstić information content (AvgIpc) is 2.96. The maximum absolute atomic E-state index is 5.98. The topological polar surface area (TPSA) is 39.4 Å². The zero-order valence-corrected chi connectivity index (χ0v) is 14.4. The number of allylic oxidation sites excluding steroid dienone is 1. The molecule has 3 rings (SSSR count). The molecule has 2 aromatic heterocycles. The zero-order valence-electron chi connectivity index (χ0n) is 12.9. The van der Waals surface area contributed by atoms with Crippen LogP contribution in [0.5, 0.6) is 5.88 Å². The number of aromatic nitrogens is 3. The average molecular weight is 346 g/mol. The van der Waals surface area contributed by atoms with Crippen LogP contribution in [0.15, 0.2) is 48.0 Å². The van der Waals surface area contributed by atoms with E-state index >= 15 is 0 Å². The molecule has 0 radical (unpaired) electrons. The molecular weight excluding hydrogens is 330 g/mol. The lowest BCUT2D eigenvalue weighted by Gasteiger charge is -2.07. The van der Waals surface area contributed by atoms with Gasteiger partial charge < -0.3 is 4.74 Å². The van der Waals surface area contributed by atoms with Crippen molar-refractivity contribution in [3.63, 3.8) is 0 Å². The molecule has 2 heterocycles. The van der Waals surface area contributed by atoms with Gasteiger partial charge in [0, 0.05) is 11.1 Å². The number of hydrogen-bond acceptors (Lipinski definition) is 4. The molecule has 4 nitrogen and oxygen atoms in total. The van der Waals surface area contributed by atoms with Crippen LogP contribution in [0.2, 0.25) is 5.02 Å². The monoisotopic (exact) mass is 345 g/mol. The number of benzene rings is 1. The normalized spacial score (nSPS) is 11.9. The summed E-state index contributed by atoms with van der Waals surface area (Å²) in [5, 5.41) is 7.30. The fourth-order valence-corrected chi connectivity index (χ4v) is 2.91. The summed E-state index contributed by atoms with van der Waals surface area (Å²) in [6, 6.07) is 11.3. The first-order chi connectivity index (χ1) is 11.2. The van der Waals surface area contributed by atoms with Gasteiger partial charge in [-0.1, -0.05) is 23.7 Å². The van der Waals surface area contributed by atoms with Crippen molar-refractivity contribution >= 4 is 34.6 Å². The minimum Gasteiger partial charge on any atom is -0.472 e. The molecule has 3 aromatic rings. The summed E-state index contributed by atoms with van der Waals surface area (Å²) in [6.45, 7) is 2.46. The first-order valence-corrected chi connectivity index (χ1v) is 8.76. The second-order valence-corrected chi connectivity index (χ2v) is 6.18. The molecule has 0 aliphatic carbocycles. The molecule has 0 spiro atoms. The van der Waals surface area contributed by atoms with Gasteiger partial charge in [-0.05, 0) is 47.9 Å². The van der Waals surface area contributed by atoms with E-state index in [1.807, 2.05) is 55.8 Å². The van der Waals surface area contributed by atoms with Crippen LogP contribution in [0.3, 0.4) is 0 Å². The van der Waals surface area contributed by atoms with Gasteiger partial charge in [-0.2, -0.15) is 0 Å². The van der Waals surface area contributed by atoms with Crippen LogP contribution in [-0.4, -0.2) is 20.9 Å². The maximum atomic E-state index is 5.98. The highest BCUT2D eigenvalue weighted by atomic mass is 35.5. The molecule has 1 aromatic carbocycles. The summed E-state index contributed by atoms with van der Waals surface area (Å²) in [5.41, 5.74) is 3.87. The van der Waals surface area contributed by atoms with Crippen molar-refractivity contribution in [3.8, 4) is 5.88 Å². The molecule has 0 amide bonds. The molecule has 0 saturated heterocycles. The molecule has 0 unspecified atom stereocenters. The van der Waals surface area contributed by atoms with E-state index in [1.54, 1.807) is 16.3 Å². The first kappa shape index (κ1) is 15.9. The molecule has 118 valence electrons. The molecule has 6 heteroatoms. The quantitative estimate of drug-likeness (QED) is 0.672. The second kappa shape index (κ2) is 7.06. The van der Waals surface area contributed by atoms with Crippen molar-refractivity contribution in [2.24, 2.45) is 0 Å². The Bertz CT molecular complexity index is 860. The van der Waals surface area contributed by atoms with Crippen molar-refractivity contribution < 1.29 is 4.74 Å². The molecule has 0 bridgehead atoms. The lowest BCUT2D eigenvalue weighted by Crippen LogP contribution is -2.02. The smallest absolute Gasteiger partial charge is 0.232 e. The van der Waals surface area contributed by atoms with Gasteiger partial charge in [-0.25, -0.2) is 9.50 Å². The number of imidazole rings is 1. The predicted octanol–water partition coefficient (Wildman–Crippen LogP) is 4.69. The molecule has 0 aliphatic rings. The minimum atomic E-state index is 0.419. The van der Waals surface area contributed by atoms with Crippen LogP contribution in [0.4, 0.5) is 0 Å². The van der Waals surface area contributed by atoms with Crippen molar-refractivity contribution in [1.82, 2.24) is 14.6 Å². The number of fused-ring (bicyclic) bond motifs is 1. The summed E-state index contributed by atoms with van der Waals surface area (Å²) in [4.78, 5) is 4.37. The van der Waals surface area contributed by atoms with Crippen molar-refractivity contribution in [1.29, 1.82) is 0 Å². The number of hydrogen-bond donors (Lipinski definition) is 0. The lowest BCUT2D eigenvalue weighted by molar-refractivity contribution is 0.289. The number of thioether (sulfide) groups is 1. The van der Waals surface area contributed by atoms with E-state index in [9.17, 15) is 0 Å². The minimum absolute atomic E-state index is 0.419. The van der Waals surface area contributed by atoms with Gasteiger partial charge in [0.05, 0.1) is 11.9 Å².